The molecule has 7 heteroatoms. The van der Waals surface area contributed by atoms with E-state index in [1.165, 1.54) is 0 Å². The van der Waals surface area contributed by atoms with Gasteiger partial charge in [0.2, 0.25) is 11.8 Å². The molecule has 0 saturated carbocycles. The molecule has 0 radical (unpaired) electrons. The molecule has 4 aromatic rings. The minimum absolute atomic E-state index is 0.0105. The lowest BCUT2D eigenvalue weighted by Crippen LogP contribution is -2.30. The van der Waals surface area contributed by atoms with Crippen LogP contribution in [0, 0.1) is 5.92 Å². The maximum Gasteiger partial charge on any atom is 0.229 e. The van der Waals surface area contributed by atoms with Crippen molar-refractivity contribution in [1.82, 2.24) is 14.9 Å². The van der Waals surface area contributed by atoms with Crippen LogP contribution in [0.1, 0.15) is 24.9 Å². The summed E-state index contributed by atoms with van der Waals surface area (Å²) in [7, 11) is 0. The number of nitrogens with zero attached hydrogens (tertiary/aromatic N) is 3. The average molecular weight is 469 g/mol. The molecule has 2 atom stereocenters. The predicted octanol–water partition coefficient (Wildman–Crippen LogP) is 5.42. The van der Waals surface area contributed by atoms with Gasteiger partial charge in [-0.05, 0) is 36.8 Å². The Morgan fingerprint density at radius 2 is 1.85 bits per heavy atom. The van der Waals surface area contributed by atoms with Crippen molar-refractivity contribution in [2.24, 2.45) is 5.92 Å². The number of pyridine rings is 1. The highest BCUT2D eigenvalue weighted by molar-refractivity contribution is 7.13. The zero-order valence-corrected chi connectivity index (χ0v) is 19.5. The SMILES string of the molecule is CC(c1ccccc1)N1CC(C(=O)Nc2cccc(-c3csc(-c4ccncc4)n3)c2)CC1=O. The van der Waals surface area contributed by atoms with Crippen molar-refractivity contribution in [3.63, 3.8) is 0 Å². The van der Waals surface area contributed by atoms with Crippen LogP contribution in [-0.2, 0) is 9.59 Å². The van der Waals surface area contributed by atoms with E-state index in [1.54, 1.807) is 28.6 Å². The molecule has 6 nitrogen and oxygen atoms in total. The van der Waals surface area contributed by atoms with Gasteiger partial charge in [0.15, 0.2) is 0 Å². The number of thiazole rings is 1. The van der Waals surface area contributed by atoms with Gasteiger partial charge in [-0.3, -0.25) is 14.6 Å². The van der Waals surface area contributed by atoms with Gasteiger partial charge in [0, 0.05) is 47.6 Å². The first-order valence-electron chi connectivity index (χ1n) is 11.2. The number of anilines is 1. The highest BCUT2D eigenvalue weighted by Gasteiger charge is 2.37. The first-order chi connectivity index (χ1) is 16.6. The Bertz CT molecular complexity index is 1310. The number of benzene rings is 2. The highest BCUT2D eigenvalue weighted by atomic mass is 32.1. The molecular weight excluding hydrogens is 444 g/mol. The second-order valence-electron chi connectivity index (χ2n) is 8.38. The second-order valence-corrected chi connectivity index (χ2v) is 9.24. The monoisotopic (exact) mass is 468 g/mol. The smallest absolute Gasteiger partial charge is 0.229 e. The zero-order valence-electron chi connectivity index (χ0n) is 18.7. The Hall–Kier alpha value is -3.84. The first-order valence-corrected chi connectivity index (χ1v) is 12.1. The van der Waals surface area contributed by atoms with Crippen molar-refractivity contribution in [2.45, 2.75) is 19.4 Å². The van der Waals surface area contributed by atoms with Crippen LogP contribution in [0.4, 0.5) is 5.69 Å². The quantitative estimate of drug-likeness (QED) is 0.410. The molecule has 1 aliphatic rings. The number of hydrogen-bond acceptors (Lipinski definition) is 5. The molecular formula is C27H24N4O2S. The largest absolute Gasteiger partial charge is 0.335 e. The third-order valence-corrected chi connectivity index (χ3v) is 7.03. The lowest BCUT2D eigenvalue weighted by atomic mass is 10.1. The van der Waals surface area contributed by atoms with E-state index in [4.69, 9.17) is 4.98 Å². The third kappa shape index (κ3) is 4.61. The molecule has 170 valence electrons. The lowest BCUT2D eigenvalue weighted by Gasteiger charge is -2.25. The van der Waals surface area contributed by atoms with E-state index in [9.17, 15) is 9.59 Å². The maximum absolute atomic E-state index is 13.0. The van der Waals surface area contributed by atoms with Crippen molar-refractivity contribution in [2.75, 3.05) is 11.9 Å². The van der Waals surface area contributed by atoms with Gasteiger partial charge in [-0.15, -0.1) is 11.3 Å². The van der Waals surface area contributed by atoms with E-state index in [0.717, 1.165) is 27.4 Å². The van der Waals surface area contributed by atoms with Crippen LogP contribution in [0.25, 0.3) is 21.8 Å². The second kappa shape index (κ2) is 9.57. The summed E-state index contributed by atoms with van der Waals surface area (Å²) >= 11 is 1.57. The fourth-order valence-corrected chi connectivity index (χ4v) is 5.06. The molecule has 1 aliphatic heterocycles. The minimum Gasteiger partial charge on any atom is -0.335 e. The van der Waals surface area contributed by atoms with E-state index in [-0.39, 0.29) is 30.2 Å². The summed E-state index contributed by atoms with van der Waals surface area (Å²) in [6.07, 6.45) is 3.73. The predicted molar refractivity (Wildman–Crippen MR) is 134 cm³/mol. The fourth-order valence-electron chi connectivity index (χ4n) is 4.23. The third-order valence-electron chi connectivity index (χ3n) is 6.14. The number of carbonyl (C=O) groups excluding carboxylic acids is 2. The van der Waals surface area contributed by atoms with Crippen LogP contribution >= 0.6 is 11.3 Å². The van der Waals surface area contributed by atoms with Crippen molar-refractivity contribution in [3.05, 3.63) is 90.1 Å². The van der Waals surface area contributed by atoms with E-state index in [0.29, 0.717) is 12.2 Å². The molecule has 2 amide bonds. The van der Waals surface area contributed by atoms with Crippen LogP contribution in [0.3, 0.4) is 0 Å². The van der Waals surface area contributed by atoms with Gasteiger partial charge in [0.1, 0.15) is 5.01 Å². The van der Waals surface area contributed by atoms with Crippen LogP contribution in [0.2, 0.25) is 0 Å². The summed E-state index contributed by atoms with van der Waals surface area (Å²) in [4.78, 5) is 36.2. The molecule has 34 heavy (non-hydrogen) atoms. The van der Waals surface area contributed by atoms with Crippen LogP contribution in [0.5, 0.6) is 0 Å². The first kappa shape index (κ1) is 22.0. The molecule has 3 heterocycles. The molecule has 1 N–H and O–H groups in total. The minimum atomic E-state index is -0.375. The van der Waals surface area contributed by atoms with Crippen molar-refractivity contribution < 1.29 is 9.59 Å². The fraction of sp³-hybridized carbons (Fsp3) is 0.185. The number of likely N-dealkylation sites (tertiary alicyclic amines) is 1. The van der Waals surface area contributed by atoms with Gasteiger partial charge in [0.05, 0.1) is 17.7 Å². The number of amides is 2. The number of nitrogens with one attached hydrogen (secondary N) is 1. The normalized spacial score (nSPS) is 16.4. The highest BCUT2D eigenvalue weighted by Crippen LogP contribution is 2.31. The molecule has 0 spiro atoms. The van der Waals surface area contributed by atoms with Crippen LogP contribution < -0.4 is 5.32 Å². The Morgan fingerprint density at radius 3 is 2.65 bits per heavy atom. The lowest BCUT2D eigenvalue weighted by molar-refractivity contribution is -0.129. The molecule has 0 bridgehead atoms. The summed E-state index contributed by atoms with van der Waals surface area (Å²) in [5, 5.41) is 5.93. The summed E-state index contributed by atoms with van der Waals surface area (Å²) in [5.41, 5.74) is 4.57. The van der Waals surface area contributed by atoms with E-state index >= 15 is 0 Å². The number of rotatable bonds is 6. The van der Waals surface area contributed by atoms with Crippen LogP contribution in [0.15, 0.2) is 84.5 Å². The van der Waals surface area contributed by atoms with E-state index < -0.39 is 0 Å². The van der Waals surface area contributed by atoms with Crippen molar-refractivity contribution in [1.29, 1.82) is 0 Å². The molecule has 1 saturated heterocycles. The topological polar surface area (TPSA) is 75.2 Å². The van der Waals surface area contributed by atoms with Gasteiger partial charge >= 0.3 is 0 Å². The van der Waals surface area contributed by atoms with Crippen molar-refractivity contribution >= 4 is 28.8 Å². The summed E-state index contributed by atoms with van der Waals surface area (Å²) in [6, 6.07) is 21.4. The Labute approximate surface area is 202 Å². The maximum atomic E-state index is 13.0. The molecule has 2 aromatic carbocycles. The number of carbonyl (C=O) groups is 2. The van der Waals surface area contributed by atoms with Crippen LogP contribution in [-0.4, -0.2) is 33.2 Å². The summed E-state index contributed by atoms with van der Waals surface area (Å²) in [6.45, 7) is 2.42. The summed E-state index contributed by atoms with van der Waals surface area (Å²) in [5.74, 6) is -0.500. The van der Waals surface area contributed by atoms with Gasteiger partial charge in [0.25, 0.3) is 0 Å². The molecule has 1 fully saturated rings. The molecule has 2 unspecified atom stereocenters. The zero-order chi connectivity index (χ0) is 23.5. The standard InChI is InChI=1S/C27H24N4O2S/c1-18(19-6-3-2-4-7-19)31-16-22(15-25(31)32)26(33)29-23-9-5-8-21(14-23)24-17-34-27(30-24)20-10-12-28-13-11-20/h2-14,17-18,22H,15-16H2,1H3,(H,29,33). The Balaban J connectivity index is 1.27. The Kier molecular flexibility index (Phi) is 6.18. The van der Waals surface area contributed by atoms with E-state index in [2.05, 4.69) is 10.3 Å². The van der Waals surface area contributed by atoms with Crippen molar-refractivity contribution in [3.8, 4) is 21.8 Å². The number of hydrogen-bond donors (Lipinski definition) is 1. The Morgan fingerprint density at radius 1 is 1.06 bits per heavy atom. The van der Waals surface area contributed by atoms with E-state index in [1.807, 2.05) is 79.0 Å². The van der Waals surface area contributed by atoms with Gasteiger partial charge < -0.3 is 10.2 Å². The van der Waals surface area contributed by atoms with Gasteiger partial charge in [-0.25, -0.2) is 4.98 Å². The van der Waals surface area contributed by atoms with Gasteiger partial charge in [-0.2, -0.15) is 0 Å². The number of aromatic nitrogens is 2. The summed E-state index contributed by atoms with van der Waals surface area (Å²) < 4.78 is 0. The average Bonchev–Trinajstić information content (AvgIpc) is 3.52. The molecule has 5 rings (SSSR count). The molecule has 2 aromatic heterocycles. The van der Waals surface area contributed by atoms with Gasteiger partial charge in [-0.1, -0.05) is 42.5 Å². The molecule has 0 aliphatic carbocycles.